The first-order chi connectivity index (χ1) is 12.0. The summed E-state index contributed by atoms with van der Waals surface area (Å²) in [6.45, 7) is 3.49. The number of benzene rings is 2. The van der Waals surface area contributed by atoms with Gasteiger partial charge in [0.1, 0.15) is 0 Å². The molecule has 3 rings (SSSR count). The molecule has 126 valence electrons. The zero-order valence-electron chi connectivity index (χ0n) is 13.8. The number of aromatic nitrogens is 2. The van der Waals surface area contributed by atoms with Gasteiger partial charge in [-0.15, -0.1) is 0 Å². The van der Waals surface area contributed by atoms with Gasteiger partial charge in [0, 0.05) is 10.7 Å². The summed E-state index contributed by atoms with van der Waals surface area (Å²) in [6, 6.07) is 16.1. The summed E-state index contributed by atoms with van der Waals surface area (Å²) < 4.78 is 1.66. The summed E-state index contributed by atoms with van der Waals surface area (Å²) in [4.78, 5) is 25.0. The molecule has 1 aromatic heterocycles. The summed E-state index contributed by atoms with van der Waals surface area (Å²) in [6.07, 6.45) is 0. The molecule has 0 spiro atoms. The maximum absolute atomic E-state index is 12.6. The number of aryl methyl sites for hydroxylation is 1. The van der Waals surface area contributed by atoms with Crippen molar-refractivity contribution in [2.24, 2.45) is 0 Å². The number of rotatable bonds is 4. The fraction of sp³-hybridized carbons (Fsp3) is 0.105. The highest BCUT2D eigenvalue weighted by molar-refractivity contribution is 6.47. The van der Waals surface area contributed by atoms with Crippen molar-refractivity contribution in [1.29, 1.82) is 0 Å². The lowest BCUT2D eigenvalue weighted by atomic mass is 10.1. The predicted molar refractivity (Wildman–Crippen MR) is 97.5 cm³/mol. The molecule has 0 aliphatic rings. The first kappa shape index (κ1) is 16.9. The first-order valence-corrected chi connectivity index (χ1v) is 8.08. The molecular weight excluding hydrogens is 338 g/mol. The second kappa shape index (κ2) is 6.91. The van der Waals surface area contributed by atoms with Crippen LogP contribution in [0.1, 0.15) is 21.7 Å². The largest absolute Gasteiger partial charge is 0.319 e. The summed E-state index contributed by atoms with van der Waals surface area (Å²) in [5.74, 6) is -1.35. The highest BCUT2D eigenvalue weighted by Gasteiger charge is 2.25. The van der Waals surface area contributed by atoms with Crippen LogP contribution in [0.15, 0.2) is 54.6 Å². The van der Waals surface area contributed by atoms with Crippen LogP contribution >= 0.6 is 11.6 Å². The molecule has 5 nitrogen and oxygen atoms in total. The van der Waals surface area contributed by atoms with E-state index in [2.05, 4.69) is 10.4 Å². The summed E-state index contributed by atoms with van der Waals surface area (Å²) in [5.41, 5.74) is 2.74. The standard InChI is InChI=1S/C19H16ClN3O2/c1-12-17(13(2)23(22-12)16-9-4-3-5-10-16)18(24)19(25)21-15-8-6-7-14(20)11-15/h3-11H,1-2H3,(H,21,25). The third kappa shape index (κ3) is 3.46. The molecule has 3 aromatic rings. The van der Waals surface area contributed by atoms with Crippen molar-refractivity contribution in [3.05, 3.63) is 76.6 Å². The van der Waals surface area contributed by atoms with E-state index in [1.165, 1.54) is 0 Å². The van der Waals surface area contributed by atoms with Crippen LogP contribution in [0.5, 0.6) is 0 Å². The number of carbonyl (C=O) groups is 2. The number of hydrogen-bond acceptors (Lipinski definition) is 3. The molecule has 6 heteroatoms. The number of para-hydroxylation sites is 1. The van der Waals surface area contributed by atoms with Gasteiger partial charge in [0.05, 0.1) is 22.6 Å². The van der Waals surface area contributed by atoms with Crippen LogP contribution in [0.4, 0.5) is 5.69 Å². The van der Waals surface area contributed by atoms with Crippen molar-refractivity contribution in [3.8, 4) is 5.69 Å². The highest BCUT2D eigenvalue weighted by atomic mass is 35.5. The van der Waals surface area contributed by atoms with Crippen molar-refractivity contribution in [2.75, 3.05) is 5.32 Å². The van der Waals surface area contributed by atoms with Crippen molar-refractivity contribution in [3.63, 3.8) is 0 Å². The average Bonchev–Trinajstić information content (AvgIpc) is 2.89. The molecule has 0 saturated heterocycles. The molecule has 0 saturated carbocycles. The summed E-state index contributed by atoms with van der Waals surface area (Å²) >= 11 is 5.90. The molecule has 0 radical (unpaired) electrons. The lowest BCUT2D eigenvalue weighted by Crippen LogP contribution is -2.24. The van der Waals surface area contributed by atoms with E-state index in [1.54, 1.807) is 42.8 Å². The average molecular weight is 354 g/mol. The molecule has 0 aliphatic heterocycles. The normalized spacial score (nSPS) is 10.5. The van der Waals surface area contributed by atoms with Gasteiger partial charge in [-0.1, -0.05) is 35.9 Å². The van der Waals surface area contributed by atoms with E-state index in [0.29, 0.717) is 27.7 Å². The minimum absolute atomic E-state index is 0.309. The van der Waals surface area contributed by atoms with Gasteiger partial charge in [0.2, 0.25) is 0 Å². The summed E-state index contributed by atoms with van der Waals surface area (Å²) in [7, 11) is 0. The van der Waals surface area contributed by atoms with E-state index in [0.717, 1.165) is 5.69 Å². The Kier molecular flexibility index (Phi) is 4.67. The third-order valence-corrected chi connectivity index (χ3v) is 4.04. The molecule has 1 heterocycles. The van der Waals surface area contributed by atoms with Crippen LogP contribution in [0.3, 0.4) is 0 Å². The van der Waals surface area contributed by atoms with E-state index in [4.69, 9.17) is 11.6 Å². The maximum Gasteiger partial charge on any atom is 0.296 e. The Morgan fingerprint density at radius 2 is 1.76 bits per heavy atom. The van der Waals surface area contributed by atoms with E-state index < -0.39 is 11.7 Å². The van der Waals surface area contributed by atoms with Gasteiger partial charge in [-0.2, -0.15) is 5.10 Å². The Morgan fingerprint density at radius 1 is 1.04 bits per heavy atom. The number of carbonyl (C=O) groups excluding carboxylic acids is 2. The van der Waals surface area contributed by atoms with E-state index in [9.17, 15) is 9.59 Å². The Labute approximate surface area is 150 Å². The molecule has 0 aliphatic carbocycles. The topological polar surface area (TPSA) is 64.0 Å². The van der Waals surface area contributed by atoms with Crippen molar-refractivity contribution in [2.45, 2.75) is 13.8 Å². The molecule has 0 unspecified atom stereocenters. The zero-order chi connectivity index (χ0) is 18.0. The monoisotopic (exact) mass is 353 g/mol. The number of nitrogens with zero attached hydrogens (tertiary/aromatic N) is 2. The smallest absolute Gasteiger partial charge is 0.296 e. The third-order valence-electron chi connectivity index (χ3n) is 3.81. The van der Waals surface area contributed by atoms with Crippen LogP contribution in [0.25, 0.3) is 5.69 Å². The van der Waals surface area contributed by atoms with Crippen molar-refractivity contribution < 1.29 is 9.59 Å². The Hall–Kier alpha value is -2.92. The lowest BCUT2D eigenvalue weighted by Gasteiger charge is -2.06. The molecule has 0 fully saturated rings. The molecule has 1 amide bonds. The fourth-order valence-corrected chi connectivity index (χ4v) is 2.85. The predicted octanol–water partition coefficient (Wildman–Crippen LogP) is 3.96. The zero-order valence-corrected chi connectivity index (χ0v) is 14.5. The number of halogens is 1. The van der Waals surface area contributed by atoms with Gasteiger partial charge >= 0.3 is 0 Å². The van der Waals surface area contributed by atoms with Crippen molar-refractivity contribution >= 4 is 29.0 Å². The number of Topliss-reactive ketones (excluding diaryl/α,β-unsaturated/α-hetero) is 1. The van der Waals surface area contributed by atoms with Gasteiger partial charge in [-0.3, -0.25) is 9.59 Å². The molecule has 2 aromatic carbocycles. The number of hydrogen-bond donors (Lipinski definition) is 1. The van der Waals surface area contributed by atoms with Crippen LogP contribution < -0.4 is 5.32 Å². The number of anilines is 1. The highest BCUT2D eigenvalue weighted by Crippen LogP contribution is 2.20. The Morgan fingerprint density at radius 3 is 2.44 bits per heavy atom. The van der Waals surface area contributed by atoms with Gasteiger partial charge < -0.3 is 5.32 Å². The molecular formula is C19H16ClN3O2. The quantitative estimate of drug-likeness (QED) is 0.570. The second-order valence-electron chi connectivity index (χ2n) is 5.59. The molecule has 25 heavy (non-hydrogen) atoms. The minimum atomic E-state index is -0.721. The molecule has 1 N–H and O–H groups in total. The van der Waals surface area contributed by atoms with Gasteiger partial charge in [-0.25, -0.2) is 4.68 Å². The van der Waals surface area contributed by atoms with Crippen molar-refractivity contribution in [1.82, 2.24) is 9.78 Å². The lowest BCUT2D eigenvalue weighted by molar-refractivity contribution is -0.112. The van der Waals surface area contributed by atoms with Gasteiger partial charge in [0.25, 0.3) is 11.7 Å². The summed E-state index contributed by atoms with van der Waals surface area (Å²) in [5, 5.41) is 7.46. The van der Waals surface area contributed by atoms with Crippen LogP contribution in [0.2, 0.25) is 5.02 Å². The Bertz CT molecular complexity index is 949. The van der Waals surface area contributed by atoms with E-state index in [-0.39, 0.29) is 0 Å². The number of nitrogens with one attached hydrogen (secondary N) is 1. The van der Waals surface area contributed by atoms with Crippen LogP contribution in [0, 0.1) is 13.8 Å². The van der Waals surface area contributed by atoms with E-state index in [1.807, 2.05) is 30.3 Å². The second-order valence-corrected chi connectivity index (χ2v) is 6.02. The minimum Gasteiger partial charge on any atom is -0.319 e. The number of ketones is 1. The molecule has 0 bridgehead atoms. The molecule has 0 atom stereocenters. The van der Waals surface area contributed by atoms with Crippen LogP contribution in [-0.4, -0.2) is 21.5 Å². The van der Waals surface area contributed by atoms with Gasteiger partial charge in [-0.05, 0) is 44.2 Å². The fourth-order valence-electron chi connectivity index (χ4n) is 2.66. The van der Waals surface area contributed by atoms with Crippen LogP contribution in [-0.2, 0) is 4.79 Å². The first-order valence-electron chi connectivity index (χ1n) is 7.70. The Balaban J connectivity index is 1.90. The van der Waals surface area contributed by atoms with Gasteiger partial charge in [0.15, 0.2) is 0 Å². The number of amides is 1. The SMILES string of the molecule is Cc1nn(-c2ccccc2)c(C)c1C(=O)C(=O)Nc1cccc(Cl)c1. The maximum atomic E-state index is 12.6. The van der Waals surface area contributed by atoms with E-state index >= 15 is 0 Å².